The van der Waals surface area contributed by atoms with E-state index in [2.05, 4.69) is 10.2 Å². The van der Waals surface area contributed by atoms with Crippen LogP contribution in [0.2, 0.25) is 0 Å². The van der Waals surface area contributed by atoms with E-state index in [0.29, 0.717) is 25.2 Å². The van der Waals surface area contributed by atoms with Gasteiger partial charge < -0.3 is 25.2 Å². The van der Waals surface area contributed by atoms with E-state index in [0.717, 1.165) is 55.8 Å². The summed E-state index contributed by atoms with van der Waals surface area (Å²) in [6.45, 7) is 2.86. The Hall–Kier alpha value is -2.38. The minimum Gasteiger partial charge on any atom is -0.508 e. The molecule has 1 saturated carbocycles. The number of anilines is 2. The zero-order valence-corrected chi connectivity index (χ0v) is 15.3. The van der Waals surface area contributed by atoms with Gasteiger partial charge in [-0.25, -0.2) is 4.98 Å². The van der Waals surface area contributed by atoms with Crippen molar-refractivity contribution in [1.29, 1.82) is 0 Å². The van der Waals surface area contributed by atoms with Crippen molar-refractivity contribution in [3.8, 4) is 17.0 Å². The van der Waals surface area contributed by atoms with Gasteiger partial charge in [-0.1, -0.05) is 12.1 Å². The van der Waals surface area contributed by atoms with E-state index in [1.165, 1.54) is 0 Å². The molecule has 27 heavy (non-hydrogen) atoms. The molecule has 2 fully saturated rings. The Morgan fingerprint density at radius 1 is 1.04 bits per heavy atom. The molecule has 2 aliphatic rings. The molecule has 0 bridgehead atoms. The zero-order chi connectivity index (χ0) is 18.6. The highest BCUT2D eigenvalue weighted by Gasteiger charge is 2.21. The molecule has 2 aromatic rings. The number of aromatic nitrogens is 2. The lowest BCUT2D eigenvalue weighted by Gasteiger charge is -2.29. The van der Waals surface area contributed by atoms with Gasteiger partial charge in [0.15, 0.2) is 0 Å². The second-order valence-electron chi connectivity index (χ2n) is 7.24. The number of morpholine rings is 1. The molecule has 144 valence electrons. The van der Waals surface area contributed by atoms with Crippen molar-refractivity contribution in [1.82, 2.24) is 9.97 Å². The van der Waals surface area contributed by atoms with E-state index in [9.17, 15) is 10.2 Å². The highest BCUT2D eigenvalue weighted by atomic mass is 16.5. The highest BCUT2D eigenvalue weighted by Crippen LogP contribution is 2.28. The molecule has 4 rings (SSSR count). The van der Waals surface area contributed by atoms with E-state index in [-0.39, 0.29) is 11.9 Å². The van der Waals surface area contributed by atoms with Crippen LogP contribution >= 0.6 is 0 Å². The maximum atomic E-state index is 9.84. The third-order valence-electron chi connectivity index (χ3n) is 5.20. The Morgan fingerprint density at radius 2 is 1.81 bits per heavy atom. The summed E-state index contributed by atoms with van der Waals surface area (Å²) in [7, 11) is 0. The summed E-state index contributed by atoms with van der Waals surface area (Å²) in [6.07, 6.45) is 3.32. The lowest BCUT2D eigenvalue weighted by Crippen LogP contribution is -2.37. The predicted octanol–water partition coefficient (Wildman–Crippen LogP) is 2.40. The minimum atomic E-state index is -0.180. The summed E-state index contributed by atoms with van der Waals surface area (Å²) in [5.74, 6) is 1.68. The third kappa shape index (κ3) is 4.48. The maximum absolute atomic E-state index is 9.84. The van der Waals surface area contributed by atoms with Crippen LogP contribution in [-0.2, 0) is 4.74 Å². The van der Waals surface area contributed by atoms with Crippen molar-refractivity contribution in [3.63, 3.8) is 0 Å². The average molecular weight is 370 g/mol. The number of aliphatic hydroxyl groups excluding tert-OH is 1. The monoisotopic (exact) mass is 370 g/mol. The Labute approximate surface area is 159 Å². The van der Waals surface area contributed by atoms with Crippen molar-refractivity contribution in [3.05, 3.63) is 30.3 Å². The first-order chi connectivity index (χ1) is 13.2. The summed E-state index contributed by atoms with van der Waals surface area (Å²) in [4.78, 5) is 11.6. The average Bonchev–Trinajstić information content (AvgIpc) is 2.70. The smallest absolute Gasteiger partial charge is 0.228 e. The number of phenols is 1. The van der Waals surface area contributed by atoms with Crippen LogP contribution < -0.4 is 10.2 Å². The first-order valence-corrected chi connectivity index (χ1v) is 9.63. The van der Waals surface area contributed by atoms with Gasteiger partial charge in [0.25, 0.3) is 0 Å². The fraction of sp³-hybridized carbons (Fsp3) is 0.500. The standard InChI is InChI=1S/C20H26N4O3/c25-16-6-4-15(5-7-16)21-19-13-18(14-2-1-3-17(26)12-14)22-20(23-19)24-8-10-27-11-9-24/h1-3,12-13,15-16,25-26H,4-11H2,(H,21,22,23). The summed E-state index contributed by atoms with van der Waals surface area (Å²) in [5, 5.41) is 23.1. The van der Waals surface area contributed by atoms with Gasteiger partial charge >= 0.3 is 0 Å². The molecule has 1 aromatic carbocycles. The summed E-state index contributed by atoms with van der Waals surface area (Å²) >= 11 is 0. The molecule has 1 aliphatic heterocycles. The van der Waals surface area contributed by atoms with Crippen molar-refractivity contribution < 1.29 is 14.9 Å². The summed E-state index contributed by atoms with van der Waals surface area (Å²) in [6, 6.07) is 9.36. The summed E-state index contributed by atoms with van der Waals surface area (Å²) in [5.41, 5.74) is 1.63. The van der Waals surface area contributed by atoms with Crippen LogP contribution in [0.3, 0.4) is 0 Å². The zero-order valence-electron chi connectivity index (χ0n) is 15.3. The van der Waals surface area contributed by atoms with Gasteiger partial charge in [-0.05, 0) is 37.8 Å². The number of benzene rings is 1. The first kappa shape index (κ1) is 18.0. The van der Waals surface area contributed by atoms with Crippen LogP contribution in [0.25, 0.3) is 11.3 Å². The molecular weight excluding hydrogens is 344 g/mol. The minimum absolute atomic E-state index is 0.180. The van der Waals surface area contributed by atoms with Gasteiger partial charge in [0.1, 0.15) is 11.6 Å². The third-order valence-corrected chi connectivity index (χ3v) is 5.20. The number of nitrogens with one attached hydrogen (secondary N) is 1. The molecule has 7 heteroatoms. The maximum Gasteiger partial charge on any atom is 0.228 e. The Bertz CT molecular complexity index is 772. The number of rotatable bonds is 4. The SMILES string of the molecule is Oc1cccc(-c2cc(NC3CCC(O)CC3)nc(N3CCOCC3)n2)c1. The number of ether oxygens (including phenoxy) is 1. The lowest BCUT2D eigenvalue weighted by molar-refractivity contribution is 0.122. The van der Waals surface area contributed by atoms with Crippen LogP contribution in [-0.4, -0.2) is 58.6 Å². The van der Waals surface area contributed by atoms with Crippen molar-refractivity contribution in [2.45, 2.75) is 37.8 Å². The predicted molar refractivity (Wildman–Crippen MR) is 104 cm³/mol. The second kappa shape index (κ2) is 8.10. The Morgan fingerprint density at radius 3 is 2.56 bits per heavy atom. The molecule has 0 atom stereocenters. The van der Waals surface area contributed by atoms with Gasteiger partial charge in [-0.3, -0.25) is 0 Å². The Kier molecular flexibility index (Phi) is 5.40. The van der Waals surface area contributed by atoms with Crippen molar-refractivity contribution in [2.75, 3.05) is 36.5 Å². The van der Waals surface area contributed by atoms with E-state index in [4.69, 9.17) is 14.7 Å². The lowest BCUT2D eigenvalue weighted by atomic mass is 9.93. The molecule has 0 radical (unpaired) electrons. The molecule has 2 heterocycles. The van der Waals surface area contributed by atoms with E-state index >= 15 is 0 Å². The number of nitrogens with zero attached hydrogens (tertiary/aromatic N) is 3. The van der Waals surface area contributed by atoms with Gasteiger partial charge in [0.05, 0.1) is 25.0 Å². The van der Waals surface area contributed by atoms with Gasteiger partial charge in [0, 0.05) is 30.8 Å². The second-order valence-corrected chi connectivity index (χ2v) is 7.24. The largest absolute Gasteiger partial charge is 0.508 e. The molecule has 3 N–H and O–H groups in total. The Balaban J connectivity index is 1.63. The fourth-order valence-corrected chi connectivity index (χ4v) is 3.66. The number of aliphatic hydroxyl groups is 1. The van der Waals surface area contributed by atoms with Crippen LogP contribution in [0.15, 0.2) is 30.3 Å². The molecule has 1 saturated heterocycles. The molecule has 0 spiro atoms. The van der Waals surface area contributed by atoms with Gasteiger partial charge in [0.2, 0.25) is 5.95 Å². The molecule has 0 amide bonds. The summed E-state index contributed by atoms with van der Waals surface area (Å²) < 4.78 is 5.44. The highest BCUT2D eigenvalue weighted by molar-refractivity contribution is 5.66. The van der Waals surface area contributed by atoms with E-state index in [1.807, 2.05) is 18.2 Å². The van der Waals surface area contributed by atoms with E-state index < -0.39 is 0 Å². The van der Waals surface area contributed by atoms with E-state index in [1.54, 1.807) is 12.1 Å². The molecule has 1 aliphatic carbocycles. The van der Waals surface area contributed by atoms with Crippen molar-refractivity contribution in [2.24, 2.45) is 0 Å². The topological polar surface area (TPSA) is 90.7 Å². The first-order valence-electron chi connectivity index (χ1n) is 9.63. The van der Waals surface area contributed by atoms with Crippen LogP contribution in [0, 0.1) is 0 Å². The van der Waals surface area contributed by atoms with Crippen LogP contribution in [0.1, 0.15) is 25.7 Å². The normalized spacial score (nSPS) is 23.2. The molecular formula is C20H26N4O3. The number of phenolic OH excluding ortho intramolecular Hbond substituents is 1. The van der Waals surface area contributed by atoms with Crippen molar-refractivity contribution >= 4 is 11.8 Å². The molecule has 1 aromatic heterocycles. The quantitative estimate of drug-likeness (QED) is 0.761. The van der Waals surface area contributed by atoms with Crippen LogP contribution in [0.4, 0.5) is 11.8 Å². The van der Waals surface area contributed by atoms with Crippen LogP contribution in [0.5, 0.6) is 5.75 Å². The number of hydrogen-bond acceptors (Lipinski definition) is 7. The molecule has 0 unspecified atom stereocenters. The number of hydrogen-bond donors (Lipinski definition) is 3. The van der Waals surface area contributed by atoms with Gasteiger partial charge in [-0.2, -0.15) is 4.98 Å². The molecule has 7 nitrogen and oxygen atoms in total. The fourth-order valence-electron chi connectivity index (χ4n) is 3.66. The number of aromatic hydroxyl groups is 1. The van der Waals surface area contributed by atoms with Gasteiger partial charge in [-0.15, -0.1) is 0 Å².